The van der Waals surface area contributed by atoms with Crippen molar-refractivity contribution in [3.8, 4) is 0 Å². The minimum absolute atomic E-state index is 0.261. The van der Waals surface area contributed by atoms with E-state index >= 15 is 0 Å². The predicted octanol–water partition coefficient (Wildman–Crippen LogP) is 5.87. The van der Waals surface area contributed by atoms with E-state index in [0.717, 1.165) is 31.6 Å². The smallest absolute Gasteiger partial charge is 0.136 e. The second-order valence-electron chi connectivity index (χ2n) is 7.98. The monoisotopic (exact) mass is 320 g/mol. The van der Waals surface area contributed by atoms with Gasteiger partial charge in [-0.2, -0.15) is 0 Å². The lowest BCUT2D eigenvalue weighted by Gasteiger charge is -2.28. The van der Waals surface area contributed by atoms with Gasteiger partial charge < -0.3 is 0 Å². The Morgan fingerprint density at radius 2 is 1.30 bits per heavy atom. The highest BCUT2D eigenvalue weighted by Gasteiger charge is 2.27. The van der Waals surface area contributed by atoms with Gasteiger partial charge in [0.25, 0.3) is 0 Å². The van der Waals surface area contributed by atoms with Crippen LogP contribution in [0.2, 0.25) is 0 Å². The number of Topliss-reactive ketones (excluding diaryl/α,β-unsaturated/α-hetero) is 2. The Bertz CT molecular complexity index is 360. The van der Waals surface area contributed by atoms with Gasteiger partial charge in [0.2, 0.25) is 0 Å². The zero-order chi connectivity index (χ0) is 16.5. The summed E-state index contributed by atoms with van der Waals surface area (Å²) in [5.41, 5.74) is 0. The minimum atomic E-state index is 0.261. The first-order valence-electron chi connectivity index (χ1n) is 10.3. The highest BCUT2D eigenvalue weighted by Crippen LogP contribution is 2.33. The van der Waals surface area contributed by atoms with Gasteiger partial charge in [0.15, 0.2) is 0 Å². The van der Waals surface area contributed by atoms with Crippen molar-refractivity contribution in [2.45, 2.75) is 103 Å². The van der Waals surface area contributed by atoms with Crippen molar-refractivity contribution in [1.82, 2.24) is 0 Å². The van der Waals surface area contributed by atoms with Gasteiger partial charge >= 0.3 is 0 Å². The molecule has 23 heavy (non-hydrogen) atoms. The number of carbonyl (C=O) groups is 2. The second kappa shape index (κ2) is 10.3. The molecule has 0 saturated heterocycles. The summed E-state index contributed by atoms with van der Waals surface area (Å²) in [4.78, 5) is 24.6. The van der Waals surface area contributed by atoms with Crippen LogP contribution in [-0.4, -0.2) is 11.6 Å². The molecule has 132 valence electrons. The zero-order valence-corrected chi connectivity index (χ0v) is 15.2. The first kappa shape index (κ1) is 18.7. The number of unbranched alkanes of at least 4 members (excludes halogenated alkanes) is 2. The molecular formula is C21H36O2. The maximum absolute atomic E-state index is 12.4. The Hall–Kier alpha value is -0.660. The largest absolute Gasteiger partial charge is 0.299 e. The highest BCUT2D eigenvalue weighted by atomic mass is 16.1. The molecule has 0 bridgehead atoms. The van der Waals surface area contributed by atoms with E-state index in [4.69, 9.17) is 0 Å². The number of carbonyl (C=O) groups excluding carboxylic acids is 2. The summed E-state index contributed by atoms with van der Waals surface area (Å²) in [6.45, 7) is 2.25. The van der Waals surface area contributed by atoms with Gasteiger partial charge in [0.05, 0.1) is 0 Å². The molecule has 2 fully saturated rings. The Morgan fingerprint density at radius 1 is 0.739 bits per heavy atom. The fraction of sp³-hybridized carbons (Fsp3) is 0.905. The van der Waals surface area contributed by atoms with Crippen molar-refractivity contribution in [1.29, 1.82) is 0 Å². The number of hydrogen-bond acceptors (Lipinski definition) is 2. The summed E-state index contributed by atoms with van der Waals surface area (Å²) < 4.78 is 0. The van der Waals surface area contributed by atoms with Crippen LogP contribution >= 0.6 is 0 Å². The van der Waals surface area contributed by atoms with E-state index in [1.165, 1.54) is 57.8 Å². The molecule has 0 aliphatic heterocycles. The van der Waals surface area contributed by atoms with Crippen LogP contribution in [0.15, 0.2) is 0 Å². The molecule has 0 spiro atoms. The van der Waals surface area contributed by atoms with Gasteiger partial charge in [-0.05, 0) is 44.4 Å². The lowest BCUT2D eigenvalue weighted by Crippen LogP contribution is -2.24. The third-order valence-electron chi connectivity index (χ3n) is 6.20. The van der Waals surface area contributed by atoms with Crippen molar-refractivity contribution in [3.63, 3.8) is 0 Å². The lowest BCUT2D eigenvalue weighted by atomic mass is 9.77. The quantitative estimate of drug-likeness (QED) is 0.498. The van der Waals surface area contributed by atoms with E-state index in [1.54, 1.807) is 0 Å². The van der Waals surface area contributed by atoms with Crippen LogP contribution in [0.5, 0.6) is 0 Å². The van der Waals surface area contributed by atoms with Crippen LogP contribution in [-0.2, 0) is 9.59 Å². The normalized spacial score (nSPS) is 26.1. The maximum atomic E-state index is 12.4. The fourth-order valence-corrected chi connectivity index (χ4v) is 4.54. The SMILES string of the molecule is CCCCCC1CCC(C(=O)CCC(=O)C2CCCCC2)CC1. The van der Waals surface area contributed by atoms with E-state index in [2.05, 4.69) is 6.92 Å². The summed E-state index contributed by atoms with van der Waals surface area (Å²) in [6.07, 6.45) is 16.8. The molecule has 0 unspecified atom stereocenters. The van der Waals surface area contributed by atoms with E-state index in [-0.39, 0.29) is 11.8 Å². The van der Waals surface area contributed by atoms with E-state index in [1.807, 2.05) is 0 Å². The molecule has 0 heterocycles. The number of hydrogen-bond donors (Lipinski definition) is 0. The van der Waals surface area contributed by atoms with Gasteiger partial charge in [-0.25, -0.2) is 0 Å². The van der Waals surface area contributed by atoms with Gasteiger partial charge in [0, 0.05) is 24.7 Å². The molecule has 0 atom stereocenters. The summed E-state index contributed by atoms with van der Waals surface area (Å²) in [6, 6.07) is 0. The van der Waals surface area contributed by atoms with E-state index in [0.29, 0.717) is 24.4 Å². The number of ketones is 2. The molecule has 2 aliphatic rings. The average molecular weight is 321 g/mol. The first-order valence-corrected chi connectivity index (χ1v) is 10.3. The lowest BCUT2D eigenvalue weighted by molar-refractivity contribution is -0.129. The molecule has 2 nitrogen and oxygen atoms in total. The van der Waals surface area contributed by atoms with Crippen LogP contribution in [0, 0.1) is 17.8 Å². The predicted molar refractivity (Wildman–Crippen MR) is 95.4 cm³/mol. The van der Waals surface area contributed by atoms with Gasteiger partial charge in [-0.15, -0.1) is 0 Å². The Labute approximate surface area is 142 Å². The number of rotatable bonds is 9. The molecule has 0 aromatic heterocycles. The van der Waals surface area contributed by atoms with Crippen LogP contribution in [0.4, 0.5) is 0 Å². The van der Waals surface area contributed by atoms with Crippen molar-refractivity contribution >= 4 is 11.6 Å². The molecular weight excluding hydrogens is 284 g/mol. The third kappa shape index (κ3) is 6.39. The molecule has 0 radical (unpaired) electrons. The molecule has 0 amide bonds. The highest BCUT2D eigenvalue weighted by molar-refractivity contribution is 5.88. The molecule has 2 rings (SSSR count). The van der Waals surface area contributed by atoms with Crippen molar-refractivity contribution in [2.24, 2.45) is 17.8 Å². The molecule has 2 heteroatoms. The van der Waals surface area contributed by atoms with Crippen LogP contribution in [0.1, 0.15) is 103 Å². The van der Waals surface area contributed by atoms with E-state index < -0.39 is 0 Å². The average Bonchev–Trinajstić information content (AvgIpc) is 2.61. The van der Waals surface area contributed by atoms with Gasteiger partial charge in [-0.3, -0.25) is 9.59 Å². The van der Waals surface area contributed by atoms with Crippen molar-refractivity contribution < 1.29 is 9.59 Å². The van der Waals surface area contributed by atoms with Crippen LogP contribution in [0.3, 0.4) is 0 Å². The maximum Gasteiger partial charge on any atom is 0.136 e. The van der Waals surface area contributed by atoms with Gasteiger partial charge in [-0.1, -0.05) is 51.9 Å². The summed E-state index contributed by atoms with van der Waals surface area (Å²) in [7, 11) is 0. The third-order valence-corrected chi connectivity index (χ3v) is 6.20. The standard InChI is InChI=1S/C21H36O2/c1-2-3-5-8-17-11-13-19(14-12-17)21(23)16-15-20(22)18-9-6-4-7-10-18/h17-19H,2-16H2,1H3. The minimum Gasteiger partial charge on any atom is -0.299 e. The van der Waals surface area contributed by atoms with Crippen LogP contribution < -0.4 is 0 Å². The van der Waals surface area contributed by atoms with Crippen LogP contribution in [0.25, 0.3) is 0 Å². The van der Waals surface area contributed by atoms with E-state index in [9.17, 15) is 9.59 Å². The van der Waals surface area contributed by atoms with Gasteiger partial charge in [0.1, 0.15) is 11.6 Å². The Balaban J connectivity index is 1.62. The zero-order valence-electron chi connectivity index (χ0n) is 15.2. The molecule has 2 aliphatic carbocycles. The summed E-state index contributed by atoms with van der Waals surface area (Å²) in [5.74, 6) is 2.13. The first-order chi connectivity index (χ1) is 11.2. The Morgan fingerprint density at radius 3 is 1.87 bits per heavy atom. The fourth-order valence-electron chi connectivity index (χ4n) is 4.54. The van der Waals surface area contributed by atoms with Crippen molar-refractivity contribution in [2.75, 3.05) is 0 Å². The molecule has 0 aromatic carbocycles. The summed E-state index contributed by atoms with van der Waals surface area (Å²) >= 11 is 0. The summed E-state index contributed by atoms with van der Waals surface area (Å²) in [5, 5.41) is 0. The molecule has 0 aromatic rings. The topological polar surface area (TPSA) is 34.1 Å². The Kier molecular flexibility index (Phi) is 8.33. The molecule has 0 N–H and O–H groups in total. The van der Waals surface area contributed by atoms with Crippen molar-refractivity contribution in [3.05, 3.63) is 0 Å². The molecule has 2 saturated carbocycles. The second-order valence-corrected chi connectivity index (χ2v) is 7.98.